The number of halogens is 3. The highest BCUT2D eigenvalue weighted by Gasteiger charge is 2.21. The zero-order chi connectivity index (χ0) is 23.4. The highest BCUT2D eigenvalue weighted by molar-refractivity contribution is 7.99. The standard InChI is InChI=1S/C23H21ClF2N4O2S/c24-18-9-15(3-6-19(18)26)10-27-21(31)13-33-23-28-20-7-8-30(12-17(20)22(32)29-23)11-14-1-4-16(25)5-2-14/h1-6,9H,7-8,10-13H2,(H,27,31)(H,28,29,32). The molecule has 6 nitrogen and oxygen atoms in total. The quantitative estimate of drug-likeness (QED) is 0.390. The molecule has 2 heterocycles. The Morgan fingerprint density at radius 1 is 1.18 bits per heavy atom. The number of rotatable bonds is 7. The first kappa shape index (κ1) is 23.4. The van der Waals surface area contributed by atoms with Gasteiger partial charge in [0.1, 0.15) is 11.6 Å². The number of nitrogens with zero attached hydrogens (tertiary/aromatic N) is 2. The van der Waals surface area contributed by atoms with E-state index < -0.39 is 5.82 Å². The summed E-state index contributed by atoms with van der Waals surface area (Å²) in [6.07, 6.45) is 0.617. The lowest BCUT2D eigenvalue weighted by molar-refractivity contribution is -0.118. The molecule has 4 rings (SSSR count). The molecule has 1 aromatic heterocycles. The number of carbonyl (C=O) groups is 1. The van der Waals surface area contributed by atoms with E-state index in [1.54, 1.807) is 18.2 Å². The number of benzene rings is 2. The van der Waals surface area contributed by atoms with Crippen LogP contribution in [0.25, 0.3) is 0 Å². The number of carbonyl (C=O) groups excluding carboxylic acids is 1. The fourth-order valence-corrected chi connectivity index (χ4v) is 4.46. The third kappa shape index (κ3) is 6.19. The van der Waals surface area contributed by atoms with Crippen molar-refractivity contribution in [1.82, 2.24) is 20.2 Å². The molecule has 2 aromatic carbocycles. The third-order valence-electron chi connectivity index (χ3n) is 5.26. The molecule has 0 bridgehead atoms. The normalized spacial score (nSPS) is 13.5. The highest BCUT2D eigenvalue weighted by Crippen LogP contribution is 2.20. The maximum Gasteiger partial charge on any atom is 0.256 e. The van der Waals surface area contributed by atoms with Gasteiger partial charge in [-0.05, 0) is 35.4 Å². The van der Waals surface area contributed by atoms with Crippen LogP contribution in [0.1, 0.15) is 22.4 Å². The highest BCUT2D eigenvalue weighted by atomic mass is 35.5. The summed E-state index contributed by atoms with van der Waals surface area (Å²) in [5.41, 5.74) is 2.80. The Bertz CT molecular complexity index is 1220. The van der Waals surface area contributed by atoms with Crippen molar-refractivity contribution in [3.05, 3.63) is 91.9 Å². The van der Waals surface area contributed by atoms with Crippen LogP contribution in [-0.2, 0) is 30.8 Å². The van der Waals surface area contributed by atoms with Gasteiger partial charge in [0.25, 0.3) is 5.56 Å². The van der Waals surface area contributed by atoms with E-state index in [4.69, 9.17) is 11.6 Å². The third-order valence-corrected chi connectivity index (χ3v) is 6.42. The second-order valence-electron chi connectivity index (χ2n) is 7.70. The minimum Gasteiger partial charge on any atom is -0.351 e. The van der Waals surface area contributed by atoms with Crippen LogP contribution in [0.3, 0.4) is 0 Å². The molecule has 1 amide bonds. The number of thioether (sulfide) groups is 1. The number of hydrogen-bond donors (Lipinski definition) is 2. The van der Waals surface area contributed by atoms with Crippen LogP contribution in [0.5, 0.6) is 0 Å². The van der Waals surface area contributed by atoms with Crippen molar-refractivity contribution in [2.45, 2.75) is 31.2 Å². The molecule has 0 radical (unpaired) electrons. The van der Waals surface area contributed by atoms with Crippen molar-refractivity contribution in [2.75, 3.05) is 12.3 Å². The monoisotopic (exact) mass is 490 g/mol. The number of amides is 1. The Labute approximate surface area is 198 Å². The van der Waals surface area contributed by atoms with E-state index in [-0.39, 0.29) is 34.6 Å². The van der Waals surface area contributed by atoms with Crippen molar-refractivity contribution in [1.29, 1.82) is 0 Å². The maximum atomic E-state index is 13.2. The van der Waals surface area contributed by atoms with Crippen molar-refractivity contribution in [3.63, 3.8) is 0 Å². The zero-order valence-corrected chi connectivity index (χ0v) is 19.1. The fraction of sp³-hybridized carbons (Fsp3) is 0.261. The Balaban J connectivity index is 1.31. The molecule has 0 aliphatic carbocycles. The van der Waals surface area contributed by atoms with E-state index in [0.717, 1.165) is 29.6 Å². The van der Waals surface area contributed by atoms with Crippen molar-refractivity contribution >= 4 is 29.3 Å². The smallest absolute Gasteiger partial charge is 0.256 e. The van der Waals surface area contributed by atoms with Crippen LogP contribution in [0.4, 0.5) is 8.78 Å². The van der Waals surface area contributed by atoms with E-state index in [1.165, 1.54) is 24.3 Å². The molecule has 1 aliphatic heterocycles. The number of aromatic amines is 1. The summed E-state index contributed by atoms with van der Waals surface area (Å²) in [6.45, 7) is 2.03. The summed E-state index contributed by atoms with van der Waals surface area (Å²) in [7, 11) is 0. The van der Waals surface area contributed by atoms with Crippen molar-refractivity contribution in [2.24, 2.45) is 0 Å². The molecule has 1 aliphatic rings. The first-order valence-corrected chi connectivity index (χ1v) is 11.7. The van der Waals surface area contributed by atoms with Gasteiger partial charge >= 0.3 is 0 Å². The summed E-state index contributed by atoms with van der Waals surface area (Å²) in [6, 6.07) is 10.6. The largest absolute Gasteiger partial charge is 0.351 e. The Morgan fingerprint density at radius 2 is 1.94 bits per heavy atom. The van der Waals surface area contributed by atoms with Gasteiger partial charge in [0.05, 0.1) is 22.0 Å². The lowest BCUT2D eigenvalue weighted by Gasteiger charge is -2.27. The SMILES string of the molecule is O=C(CSc1nc2c(c(=O)[nH]1)CN(Cc1ccc(F)cc1)CC2)NCc1ccc(F)c(Cl)c1. The molecular formula is C23H21ClF2N4O2S. The van der Waals surface area contributed by atoms with Crippen LogP contribution < -0.4 is 10.9 Å². The molecule has 3 aromatic rings. The summed E-state index contributed by atoms with van der Waals surface area (Å²) in [5.74, 6) is -0.954. The van der Waals surface area contributed by atoms with Crippen molar-refractivity contribution < 1.29 is 13.6 Å². The summed E-state index contributed by atoms with van der Waals surface area (Å²) in [5, 5.41) is 3.13. The van der Waals surface area contributed by atoms with Gasteiger partial charge in [-0.15, -0.1) is 0 Å². The Hall–Kier alpha value is -2.75. The number of nitrogens with one attached hydrogen (secondary N) is 2. The molecule has 0 unspecified atom stereocenters. The maximum absolute atomic E-state index is 13.2. The number of H-pyrrole nitrogens is 1. The first-order valence-electron chi connectivity index (χ1n) is 10.3. The average molecular weight is 491 g/mol. The van der Waals surface area contributed by atoms with Gasteiger partial charge in [-0.3, -0.25) is 14.5 Å². The van der Waals surface area contributed by atoms with Gasteiger partial charge in [0.15, 0.2) is 5.16 Å². The summed E-state index contributed by atoms with van der Waals surface area (Å²) >= 11 is 6.89. The van der Waals surface area contributed by atoms with E-state index in [1.807, 2.05) is 0 Å². The van der Waals surface area contributed by atoms with Crippen LogP contribution in [0.15, 0.2) is 52.4 Å². The van der Waals surface area contributed by atoms with E-state index >= 15 is 0 Å². The fourth-order valence-electron chi connectivity index (χ4n) is 3.54. The predicted molar refractivity (Wildman–Crippen MR) is 123 cm³/mol. The minimum atomic E-state index is -0.511. The first-order chi connectivity index (χ1) is 15.9. The zero-order valence-electron chi connectivity index (χ0n) is 17.5. The molecule has 0 saturated heterocycles. The molecule has 0 fully saturated rings. The van der Waals surface area contributed by atoms with Gasteiger partial charge in [-0.25, -0.2) is 13.8 Å². The Kier molecular flexibility index (Phi) is 7.42. The van der Waals surface area contributed by atoms with Crippen LogP contribution in [-0.4, -0.2) is 33.1 Å². The second-order valence-corrected chi connectivity index (χ2v) is 9.07. The number of fused-ring (bicyclic) bond motifs is 1. The molecule has 2 N–H and O–H groups in total. The topological polar surface area (TPSA) is 78.1 Å². The van der Waals surface area contributed by atoms with Gasteiger partial charge in [-0.2, -0.15) is 0 Å². The Morgan fingerprint density at radius 3 is 2.70 bits per heavy atom. The molecule has 0 atom stereocenters. The van der Waals surface area contributed by atoms with Crippen molar-refractivity contribution in [3.8, 4) is 0 Å². The van der Waals surface area contributed by atoms with E-state index in [0.29, 0.717) is 35.8 Å². The molecular weight excluding hydrogens is 470 g/mol. The summed E-state index contributed by atoms with van der Waals surface area (Å²) < 4.78 is 26.3. The van der Waals surface area contributed by atoms with Crippen LogP contribution in [0.2, 0.25) is 5.02 Å². The molecule has 33 heavy (non-hydrogen) atoms. The van der Waals surface area contributed by atoms with Gasteiger partial charge in [0, 0.05) is 32.6 Å². The predicted octanol–water partition coefficient (Wildman–Crippen LogP) is 3.67. The van der Waals surface area contributed by atoms with Gasteiger partial charge < -0.3 is 10.3 Å². The number of aromatic nitrogens is 2. The molecule has 0 saturated carbocycles. The van der Waals surface area contributed by atoms with Gasteiger partial charge in [0.2, 0.25) is 5.91 Å². The van der Waals surface area contributed by atoms with Gasteiger partial charge in [-0.1, -0.05) is 41.6 Å². The summed E-state index contributed by atoms with van der Waals surface area (Å²) in [4.78, 5) is 34.2. The second kappa shape index (κ2) is 10.5. The lowest BCUT2D eigenvalue weighted by Crippen LogP contribution is -2.35. The molecule has 10 heteroatoms. The molecule has 0 spiro atoms. The minimum absolute atomic E-state index is 0.00295. The number of hydrogen-bond acceptors (Lipinski definition) is 5. The molecule has 172 valence electrons. The average Bonchev–Trinajstić information content (AvgIpc) is 2.80. The van der Waals surface area contributed by atoms with E-state index in [2.05, 4.69) is 20.2 Å². The van der Waals surface area contributed by atoms with Crippen LogP contribution in [0, 0.1) is 11.6 Å². The van der Waals surface area contributed by atoms with Crippen LogP contribution >= 0.6 is 23.4 Å². The lowest BCUT2D eigenvalue weighted by atomic mass is 10.1. The van der Waals surface area contributed by atoms with E-state index in [9.17, 15) is 18.4 Å².